The van der Waals surface area contributed by atoms with E-state index in [1.807, 2.05) is 5.01 Å². The third-order valence-electron chi connectivity index (χ3n) is 1.96. The van der Waals surface area contributed by atoms with Crippen LogP contribution in [0.2, 0.25) is 0 Å². The molecule has 0 aromatic rings. The Morgan fingerprint density at radius 1 is 1.58 bits per heavy atom. The molecule has 1 fully saturated rings. The molecule has 0 bridgehead atoms. The predicted octanol–water partition coefficient (Wildman–Crippen LogP) is 0.343. The lowest BCUT2D eigenvalue weighted by atomic mass is 10.4. The Labute approximate surface area is 84.5 Å². The van der Waals surface area contributed by atoms with E-state index in [1.54, 1.807) is 0 Å². The summed E-state index contributed by atoms with van der Waals surface area (Å²) in [7, 11) is 0. The van der Waals surface area contributed by atoms with Crippen LogP contribution in [0.25, 0.3) is 0 Å². The van der Waals surface area contributed by atoms with E-state index in [0.29, 0.717) is 4.32 Å². The largest absolute Gasteiger partial charge is 0.314 e. The zero-order valence-electron chi connectivity index (χ0n) is 7.29. The average Bonchev–Trinajstić information content (AvgIpc) is 2.07. The second kappa shape index (κ2) is 5.01. The first kappa shape index (κ1) is 10.2. The number of hydrogen-bond donors (Lipinski definition) is 2. The molecule has 0 aromatic heterocycles. The normalized spacial score (nSPS) is 19.2. The van der Waals surface area contributed by atoms with E-state index in [4.69, 9.17) is 12.2 Å². The molecule has 1 rings (SSSR count). The first-order chi connectivity index (χ1) is 5.75. The Morgan fingerprint density at radius 3 is 2.58 bits per heavy atom. The Morgan fingerprint density at radius 2 is 2.17 bits per heavy atom. The number of nitrogens with zero attached hydrogens (tertiary/aromatic N) is 2. The van der Waals surface area contributed by atoms with Gasteiger partial charge in [0.2, 0.25) is 0 Å². The van der Waals surface area contributed by atoms with Gasteiger partial charge in [0.15, 0.2) is 0 Å². The van der Waals surface area contributed by atoms with E-state index in [0.717, 1.165) is 32.7 Å². The van der Waals surface area contributed by atoms with Crippen molar-refractivity contribution in [2.45, 2.75) is 6.92 Å². The van der Waals surface area contributed by atoms with Gasteiger partial charge in [0.1, 0.15) is 4.32 Å². The maximum absolute atomic E-state index is 5.02. The monoisotopic (exact) mass is 205 g/mol. The topological polar surface area (TPSA) is 18.5 Å². The van der Waals surface area contributed by atoms with E-state index < -0.39 is 0 Å². The molecule has 1 aliphatic rings. The SMILES string of the molecule is CCN(C(=S)S)N1CCNCC1. The molecule has 0 atom stereocenters. The summed E-state index contributed by atoms with van der Waals surface area (Å²) in [5.74, 6) is 0. The van der Waals surface area contributed by atoms with Crippen molar-refractivity contribution < 1.29 is 0 Å². The molecule has 0 spiro atoms. The minimum atomic E-state index is 0.666. The molecule has 0 radical (unpaired) electrons. The van der Waals surface area contributed by atoms with Gasteiger partial charge in [-0.25, -0.2) is 5.01 Å². The van der Waals surface area contributed by atoms with Crippen LogP contribution in [0, 0.1) is 0 Å². The second-order valence-corrected chi connectivity index (χ2v) is 3.81. The number of thiol groups is 1. The fourth-order valence-corrected chi connectivity index (χ4v) is 1.86. The zero-order valence-corrected chi connectivity index (χ0v) is 9.00. The summed E-state index contributed by atoms with van der Waals surface area (Å²) in [6, 6.07) is 0. The van der Waals surface area contributed by atoms with Crippen molar-refractivity contribution in [3.8, 4) is 0 Å². The van der Waals surface area contributed by atoms with Crippen molar-refractivity contribution in [3.05, 3.63) is 0 Å². The minimum absolute atomic E-state index is 0.666. The Hall–Kier alpha value is 0.160. The predicted molar refractivity (Wildman–Crippen MR) is 58.4 cm³/mol. The Bertz CT molecular complexity index is 157. The highest BCUT2D eigenvalue weighted by Gasteiger charge is 2.16. The summed E-state index contributed by atoms with van der Waals surface area (Å²) in [6.45, 7) is 7.11. The maximum atomic E-state index is 5.02. The summed E-state index contributed by atoms with van der Waals surface area (Å²) in [4.78, 5) is 0. The molecule has 3 nitrogen and oxygen atoms in total. The summed E-state index contributed by atoms with van der Waals surface area (Å²) in [5.41, 5.74) is 0. The molecule has 12 heavy (non-hydrogen) atoms. The molecule has 0 saturated carbocycles. The Balaban J connectivity index is 2.46. The number of thiocarbonyl (C=S) groups is 1. The highest BCUT2D eigenvalue weighted by atomic mass is 32.1. The quantitative estimate of drug-likeness (QED) is 0.500. The minimum Gasteiger partial charge on any atom is -0.314 e. The summed E-state index contributed by atoms with van der Waals surface area (Å²) in [6.07, 6.45) is 0. The van der Waals surface area contributed by atoms with Crippen molar-refractivity contribution in [3.63, 3.8) is 0 Å². The molecule has 5 heteroatoms. The third kappa shape index (κ3) is 2.58. The van der Waals surface area contributed by atoms with Crippen LogP contribution in [-0.2, 0) is 0 Å². The second-order valence-electron chi connectivity index (χ2n) is 2.70. The van der Waals surface area contributed by atoms with E-state index >= 15 is 0 Å². The van der Waals surface area contributed by atoms with Crippen LogP contribution >= 0.6 is 24.8 Å². The zero-order chi connectivity index (χ0) is 8.97. The van der Waals surface area contributed by atoms with Crippen molar-refractivity contribution in [2.75, 3.05) is 32.7 Å². The fourth-order valence-electron chi connectivity index (χ4n) is 1.35. The summed E-state index contributed by atoms with van der Waals surface area (Å²) in [5, 5.41) is 7.58. The average molecular weight is 205 g/mol. The molecule has 0 amide bonds. The Kier molecular flexibility index (Phi) is 4.28. The maximum Gasteiger partial charge on any atom is 0.147 e. The van der Waals surface area contributed by atoms with Crippen LogP contribution in [-0.4, -0.2) is 47.1 Å². The van der Waals surface area contributed by atoms with Gasteiger partial charge >= 0.3 is 0 Å². The molecule has 0 aromatic carbocycles. The molecule has 70 valence electrons. The van der Waals surface area contributed by atoms with Gasteiger partial charge in [-0.05, 0) is 6.92 Å². The van der Waals surface area contributed by atoms with Crippen LogP contribution in [0.1, 0.15) is 6.92 Å². The molecule has 0 unspecified atom stereocenters. The smallest absolute Gasteiger partial charge is 0.147 e. The fraction of sp³-hybridized carbons (Fsp3) is 0.857. The van der Waals surface area contributed by atoms with Crippen LogP contribution in [0.5, 0.6) is 0 Å². The van der Waals surface area contributed by atoms with Gasteiger partial charge < -0.3 is 5.32 Å². The van der Waals surface area contributed by atoms with E-state index in [9.17, 15) is 0 Å². The van der Waals surface area contributed by atoms with E-state index in [2.05, 4.69) is 29.9 Å². The van der Waals surface area contributed by atoms with Crippen molar-refractivity contribution in [1.29, 1.82) is 0 Å². The molecular formula is C7H15N3S2. The van der Waals surface area contributed by atoms with Gasteiger partial charge in [0.25, 0.3) is 0 Å². The lowest BCUT2D eigenvalue weighted by molar-refractivity contribution is 0.0425. The molecule has 1 N–H and O–H groups in total. The van der Waals surface area contributed by atoms with Gasteiger partial charge in [0.05, 0.1) is 0 Å². The highest BCUT2D eigenvalue weighted by Crippen LogP contribution is 2.03. The van der Waals surface area contributed by atoms with E-state index in [1.165, 1.54) is 0 Å². The van der Waals surface area contributed by atoms with Gasteiger partial charge in [0, 0.05) is 32.7 Å². The van der Waals surface area contributed by atoms with Crippen molar-refractivity contribution in [2.24, 2.45) is 0 Å². The molecule has 1 saturated heterocycles. The van der Waals surface area contributed by atoms with Gasteiger partial charge in [-0.3, -0.25) is 5.01 Å². The van der Waals surface area contributed by atoms with Crippen LogP contribution in [0.4, 0.5) is 0 Å². The summed E-state index contributed by atoms with van der Waals surface area (Å²) >= 11 is 9.20. The molecular weight excluding hydrogens is 190 g/mol. The van der Waals surface area contributed by atoms with Crippen LogP contribution < -0.4 is 5.32 Å². The lowest BCUT2D eigenvalue weighted by Crippen LogP contribution is -2.53. The number of hydrogen-bond acceptors (Lipinski definition) is 3. The van der Waals surface area contributed by atoms with Crippen molar-refractivity contribution >= 4 is 29.2 Å². The number of hydrazine groups is 1. The highest BCUT2D eigenvalue weighted by molar-refractivity contribution is 8.10. The van der Waals surface area contributed by atoms with Gasteiger partial charge in [-0.15, -0.1) is 12.6 Å². The molecule has 1 aliphatic heterocycles. The molecule has 1 heterocycles. The van der Waals surface area contributed by atoms with Gasteiger partial charge in [-0.2, -0.15) is 0 Å². The summed E-state index contributed by atoms with van der Waals surface area (Å²) < 4.78 is 0.666. The van der Waals surface area contributed by atoms with E-state index in [-0.39, 0.29) is 0 Å². The van der Waals surface area contributed by atoms with Crippen molar-refractivity contribution in [1.82, 2.24) is 15.3 Å². The lowest BCUT2D eigenvalue weighted by Gasteiger charge is -2.37. The number of nitrogens with one attached hydrogen (secondary N) is 1. The first-order valence-corrected chi connectivity index (χ1v) is 5.07. The van der Waals surface area contributed by atoms with Crippen LogP contribution in [0.3, 0.4) is 0 Å². The van der Waals surface area contributed by atoms with Gasteiger partial charge in [-0.1, -0.05) is 12.2 Å². The number of piperazine rings is 1. The first-order valence-electron chi connectivity index (χ1n) is 4.21. The van der Waals surface area contributed by atoms with Crippen LogP contribution in [0.15, 0.2) is 0 Å². The third-order valence-corrected chi connectivity index (χ3v) is 2.40. The number of rotatable bonds is 2. The standard InChI is InChI=1S/C7H15N3S2/c1-2-10(7(11)12)9-5-3-8-4-6-9/h8H,2-6H2,1H3,(H,11,12). The molecule has 0 aliphatic carbocycles.